The van der Waals surface area contributed by atoms with Crippen molar-refractivity contribution < 1.29 is 33.6 Å². The fourth-order valence-electron chi connectivity index (χ4n) is 5.23. The Morgan fingerprint density at radius 1 is 1.29 bits per heavy atom. The van der Waals surface area contributed by atoms with E-state index in [0.29, 0.717) is 47.6 Å². The summed E-state index contributed by atoms with van der Waals surface area (Å²) in [6, 6.07) is 1.58. The molecule has 0 saturated carbocycles. The van der Waals surface area contributed by atoms with Crippen LogP contribution in [0.2, 0.25) is 0 Å². The minimum absolute atomic E-state index is 0.0250. The number of benzene rings is 1. The van der Waals surface area contributed by atoms with Crippen molar-refractivity contribution in [3.05, 3.63) is 60.1 Å². The number of aromatic hydroxyl groups is 1. The van der Waals surface area contributed by atoms with Gasteiger partial charge in [0.25, 0.3) is 0 Å². The third-order valence-corrected chi connectivity index (χ3v) is 7.36. The number of fused-ring (bicyclic) bond motifs is 1. The average molecular weight is 570 g/mol. The molecule has 5 N–H and O–H groups in total. The van der Waals surface area contributed by atoms with Crippen LogP contribution in [0.4, 0.5) is 10.5 Å². The van der Waals surface area contributed by atoms with E-state index in [-0.39, 0.29) is 17.6 Å². The number of carbonyl (C=O) groups excluding carboxylic acids is 1. The quantitative estimate of drug-likeness (QED) is 0.275. The molecule has 2 aromatic rings. The van der Waals surface area contributed by atoms with Crippen LogP contribution in [0.25, 0.3) is 16.7 Å². The number of rotatable bonds is 6. The number of nitrogens with two attached hydrogens (primary N) is 1. The standard InChI is InChI=1S/C31H43N3O7/c1-8-12-33-26-21-13-17(2)14-25(39-7)27(36)19(4)15-20(5)28(41-31(32)37)24(38-6)11-9-10-18(3)30-34-22(16-23(26)35)29(21)40-30/h8-11,15-17,19,24-25,27-28,33,35-36H,1,12-14H2,2-7H3,(H2,32,37)/b11-9-,18-10-,20-15-/t17-,19+,24+,25-,27-,28+/m1/s1. The van der Waals surface area contributed by atoms with Gasteiger partial charge in [0.05, 0.1) is 17.9 Å². The second-order valence-electron chi connectivity index (χ2n) is 10.7. The molecule has 3 rings (SSSR count). The summed E-state index contributed by atoms with van der Waals surface area (Å²) in [5, 5.41) is 25.4. The second kappa shape index (κ2) is 14.3. The highest BCUT2D eigenvalue weighted by molar-refractivity contribution is 5.87. The number of aliphatic hydroxyl groups is 1. The van der Waals surface area contributed by atoms with Gasteiger partial charge in [-0.15, -0.1) is 6.58 Å². The van der Waals surface area contributed by atoms with Crippen LogP contribution in [0.5, 0.6) is 5.75 Å². The molecule has 10 nitrogen and oxygen atoms in total. The number of aromatic nitrogens is 1. The number of primary amides is 1. The Morgan fingerprint density at radius 2 is 2.02 bits per heavy atom. The van der Waals surface area contributed by atoms with Crippen LogP contribution in [0.1, 0.15) is 45.6 Å². The lowest BCUT2D eigenvalue weighted by Crippen LogP contribution is -2.37. The van der Waals surface area contributed by atoms with E-state index < -0.39 is 30.5 Å². The van der Waals surface area contributed by atoms with Gasteiger partial charge in [-0.05, 0) is 38.2 Å². The third kappa shape index (κ3) is 7.78. The van der Waals surface area contributed by atoms with E-state index in [9.17, 15) is 15.0 Å². The lowest BCUT2D eigenvalue weighted by atomic mass is 9.87. The molecule has 0 spiro atoms. The predicted octanol–water partition coefficient (Wildman–Crippen LogP) is 5.11. The molecular weight excluding hydrogens is 526 g/mol. The van der Waals surface area contributed by atoms with Gasteiger partial charge in [0.1, 0.15) is 17.4 Å². The van der Waals surface area contributed by atoms with E-state index in [1.54, 1.807) is 38.3 Å². The van der Waals surface area contributed by atoms with E-state index >= 15 is 0 Å². The smallest absolute Gasteiger partial charge is 0.405 e. The van der Waals surface area contributed by atoms with E-state index in [1.807, 2.05) is 26.0 Å². The summed E-state index contributed by atoms with van der Waals surface area (Å²) in [4.78, 5) is 16.4. The lowest BCUT2D eigenvalue weighted by molar-refractivity contribution is -0.0398. The zero-order valence-corrected chi connectivity index (χ0v) is 24.7. The van der Waals surface area contributed by atoms with Crippen molar-refractivity contribution in [2.24, 2.45) is 17.6 Å². The molecule has 1 aromatic carbocycles. The summed E-state index contributed by atoms with van der Waals surface area (Å²) in [7, 11) is 3.08. The molecule has 41 heavy (non-hydrogen) atoms. The number of hydrogen-bond donors (Lipinski definition) is 4. The van der Waals surface area contributed by atoms with E-state index in [1.165, 1.54) is 7.11 Å². The number of allylic oxidation sites excluding steroid dienone is 3. The van der Waals surface area contributed by atoms with Gasteiger partial charge >= 0.3 is 6.09 Å². The van der Waals surface area contributed by atoms with Crippen LogP contribution in [-0.2, 0) is 20.6 Å². The first kappa shape index (κ1) is 31.9. The number of amides is 1. The van der Waals surface area contributed by atoms with Gasteiger partial charge in [0.15, 0.2) is 11.7 Å². The fourth-order valence-corrected chi connectivity index (χ4v) is 5.23. The Kier molecular flexibility index (Phi) is 11.2. The summed E-state index contributed by atoms with van der Waals surface area (Å²) < 4.78 is 23.1. The highest BCUT2D eigenvalue weighted by Gasteiger charge is 2.30. The average Bonchev–Trinajstić information content (AvgIpc) is 3.35. The number of hydrogen-bond acceptors (Lipinski definition) is 9. The summed E-state index contributed by atoms with van der Waals surface area (Å²) >= 11 is 0. The number of nitrogens with zero attached hydrogens (tertiary/aromatic N) is 1. The Hall–Kier alpha value is -3.60. The number of ether oxygens (including phenoxy) is 3. The number of aliphatic hydroxyl groups excluding tert-OH is 1. The van der Waals surface area contributed by atoms with Crippen LogP contribution in [-0.4, -0.2) is 66.5 Å². The van der Waals surface area contributed by atoms with Crippen molar-refractivity contribution >= 4 is 28.5 Å². The first-order valence-corrected chi connectivity index (χ1v) is 13.7. The fraction of sp³-hybridized carbons (Fsp3) is 0.484. The van der Waals surface area contributed by atoms with Crippen LogP contribution in [0.15, 0.2) is 53.0 Å². The maximum atomic E-state index is 11.8. The first-order chi connectivity index (χ1) is 19.5. The van der Waals surface area contributed by atoms with Crippen molar-refractivity contribution in [2.75, 3.05) is 26.1 Å². The van der Waals surface area contributed by atoms with Gasteiger partial charge in [-0.25, -0.2) is 9.78 Å². The Balaban J connectivity index is 2.19. The van der Waals surface area contributed by atoms with Gasteiger partial charge in [-0.3, -0.25) is 0 Å². The van der Waals surface area contributed by atoms with E-state index in [4.69, 9.17) is 24.4 Å². The second-order valence-corrected chi connectivity index (χ2v) is 10.7. The van der Waals surface area contributed by atoms with Gasteiger partial charge in [-0.2, -0.15) is 0 Å². The summed E-state index contributed by atoms with van der Waals surface area (Å²) in [5.74, 6) is 0.142. The van der Waals surface area contributed by atoms with Crippen molar-refractivity contribution in [1.29, 1.82) is 0 Å². The zero-order chi connectivity index (χ0) is 30.3. The molecule has 0 fully saturated rings. The van der Waals surface area contributed by atoms with Gasteiger partial charge in [0.2, 0.25) is 5.89 Å². The van der Waals surface area contributed by atoms with Gasteiger partial charge in [0, 0.05) is 43.9 Å². The van der Waals surface area contributed by atoms with Gasteiger partial charge < -0.3 is 39.9 Å². The van der Waals surface area contributed by atoms with Crippen LogP contribution in [0.3, 0.4) is 0 Å². The maximum Gasteiger partial charge on any atom is 0.405 e. The molecule has 0 aliphatic carbocycles. The molecule has 10 heteroatoms. The molecule has 1 amide bonds. The van der Waals surface area contributed by atoms with Crippen LogP contribution >= 0.6 is 0 Å². The topological polar surface area (TPSA) is 149 Å². The molecule has 0 radical (unpaired) electrons. The number of phenolic OH excluding ortho intramolecular Hbond substituents is 1. The maximum absolute atomic E-state index is 11.8. The number of methoxy groups -OCH3 is 2. The number of anilines is 1. The lowest BCUT2D eigenvalue weighted by Gasteiger charge is -2.29. The minimum Gasteiger partial charge on any atom is -0.506 e. The largest absolute Gasteiger partial charge is 0.506 e. The van der Waals surface area contributed by atoms with E-state index in [0.717, 1.165) is 11.1 Å². The van der Waals surface area contributed by atoms with Crippen molar-refractivity contribution in [3.8, 4) is 5.75 Å². The van der Waals surface area contributed by atoms with E-state index in [2.05, 4.69) is 23.8 Å². The molecule has 6 atom stereocenters. The summed E-state index contributed by atoms with van der Waals surface area (Å²) in [6.45, 7) is 11.8. The predicted molar refractivity (Wildman–Crippen MR) is 160 cm³/mol. The summed E-state index contributed by atoms with van der Waals surface area (Å²) in [5.41, 5.74) is 9.25. The minimum atomic E-state index is -0.934. The van der Waals surface area contributed by atoms with Crippen molar-refractivity contribution in [2.45, 2.75) is 65.0 Å². The Bertz CT molecular complexity index is 1310. The molecule has 224 valence electrons. The molecule has 1 aliphatic heterocycles. The zero-order valence-electron chi connectivity index (χ0n) is 24.7. The Morgan fingerprint density at radius 3 is 2.66 bits per heavy atom. The highest BCUT2D eigenvalue weighted by Crippen LogP contribution is 2.38. The number of oxazole rings is 1. The first-order valence-electron chi connectivity index (χ1n) is 13.7. The highest BCUT2D eigenvalue weighted by atomic mass is 16.6. The van der Waals surface area contributed by atoms with Gasteiger partial charge in [-0.1, -0.05) is 44.2 Å². The number of phenols is 1. The summed E-state index contributed by atoms with van der Waals surface area (Å²) in [6.07, 6.45) is 6.19. The normalized spacial score (nSPS) is 29.4. The molecule has 2 heterocycles. The number of nitrogens with one attached hydrogen (secondary N) is 1. The molecule has 0 unspecified atom stereocenters. The number of carbonyl (C=O) groups is 1. The van der Waals surface area contributed by atoms with Crippen LogP contribution in [0, 0.1) is 11.8 Å². The molecule has 0 saturated heterocycles. The van der Waals surface area contributed by atoms with Crippen LogP contribution < -0.4 is 11.1 Å². The molecular formula is C31H43N3O7. The monoisotopic (exact) mass is 569 g/mol. The molecule has 1 aliphatic rings. The van der Waals surface area contributed by atoms with Crippen molar-refractivity contribution in [3.63, 3.8) is 0 Å². The SMILES string of the molecule is C=CCNc1c(O)cc2nc3oc2c1C[C@@H](C)C[C@@H](OC)[C@H](O)[C@@H](C)/C=C(/C)[C@H](OC(N)=O)[C@@H](OC)/C=C\C=C/3C. The third-order valence-electron chi connectivity index (χ3n) is 7.36. The molecule has 1 aromatic heterocycles. The molecule has 2 bridgehead atoms. The Labute approximate surface area is 241 Å². The van der Waals surface area contributed by atoms with Crippen molar-refractivity contribution in [1.82, 2.24) is 4.98 Å².